The van der Waals surface area contributed by atoms with Gasteiger partial charge >= 0.3 is 0 Å². The fourth-order valence-electron chi connectivity index (χ4n) is 2.41. The second-order valence-corrected chi connectivity index (χ2v) is 4.64. The molecule has 19 heavy (non-hydrogen) atoms. The summed E-state index contributed by atoms with van der Waals surface area (Å²) in [5.41, 5.74) is 0.859. The molecule has 1 saturated heterocycles. The molecular weight excluding hydrogens is 247 g/mol. The second kappa shape index (κ2) is 6.73. The third kappa shape index (κ3) is 3.58. The summed E-state index contributed by atoms with van der Waals surface area (Å²) >= 11 is 0. The molecule has 5 heteroatoms. The zero-order valence-electron chi connectivity index (χ0n) is 11.5. The molecule has 0 aromatic heterocycles. The molecule has 4 nitrogen and oxygen atoms in total. The molecule has 1 aromatic rings. The molecule has 0 atom stereocenters. The molecule has 106 valence electrons. The van der Waals surface area contributed by atoms with Crippen molar-refractivity contribution in [2.24, 2.45) is 0 Å². The molecule has 1 N–H and O–H groups in total. The van der Waals surface area contributed by atoms with Crippen molar-refractivity contribution >= 4 is 0 Å². The van der Waals surface area contributed by atoms with Crippen molar-refractivity contribution in [3.63, 3.8) is 0 Å². The lowest BCUT2D eigenvalue weighted by Gasteiger charge is -2.27. The third-order valence-corrected chi connectivity index (χ3v) is 3.43. The maximum Gasteiger partial charge on any atom is 0.164 e. The molecule has 1 fully saturated rings. The zero-order valence-corrected chi connectivity index (χ0v) is 11.5. The Morgan fingerprint density at radius 3 is 2.58 bits per heavy atom. The molecule has 0 bridgehead atoms. The highest BCUT2D eigenvalue weighted by molar-refractivity contribution is 5.47. The average molecular weight is 268 g/mol. The van der Waals surface area contributed by atoms with E-state index < -0.39 is 0 Å². The van der Waals surface area contributed by atoms with Crippen LogP contribution in [0.25, 0.3) is 0 Å². The average Bonchev–Trinajstić information content (AvgIpc) is 2.45. The molecule has 1 aliphatic rings. The second-order valence-electron chi connectivity index (χ2n) is 4.64. The summed E-state index contributed by atoms with van der Waals surface area (Å²) in [6.45, 7) is 5.02. The van der Waals surface area contributed by atoms with Crippen LogP contribution in [0.1, 0.15) is 5.56 Å². The Morgan fingerprint density at radius 1 is 1.21 bits per heavy atom. The summed E-state index contributed by atoms with van der Waals surface area (Å²) in [6, 6.07) is 2.89. The van der Waals surface area contributed by atoms with Gasteiger partial charge in [-0.05, 0) is 12.5 Å². The molecule has 0 saturated carbocycles. The van der Waals surface area contributed by atoms with E-state index in [1.54, 1.807) is 7.11 Å². The lowest BCUT2D eigenvalue weighted by Crippen LogP contribution is -2.44. The first kappa shape index (κ1) is 14.1. The van der Waals surface area contributed by atoms with Crippen LogP contribution in [0.3, 0.4) is 0 Å². The monoisotopic (exact) mass is 268 g/mol. The van der Waals surface area contributed by atoms with Gasteiger partial charge in [0.05, 0.1) is 14.2 Å². The number of piperazine rings is 1. The van der Waals surface area contributed by atoms with Crippen LogP contribution in [0.2, 0.25) is 0 Å². The summed E-state index contributed by atoms with van der Waals surface area (Å²) in [4.78, 5) is 2.37. The van der Waals surface area contributed by atoms with E-state index in [0.29, 0.717) is 11.5 Å². The summed E-state index contributed by atoms with van der Waals surface area (Å²) in [5.74, 6) is 0.810. The predicted octanol–water partition coefficient (Wildman–Crippen LogP) is 1.29. The molecule has 1 aromatic carbocycles. The quantitative estimate of drug-likeness (QED) is 0.872. The summed E-state index contributed by atoms with van der Waals surface area (Å²) < 4.78 is 24.0. The molecule has 0 amide bonds. The van der Waals surface area contributed by atoms with E-state index in [2.05, 4.69) is 10.2 Å². The number of nitrogens with one attached hydrogen (secondary N) is 1. The van der Waals surface area contributed by atoms with Gasteiger partial charge in [-0.1, -0.05) is 0 Å². The van der Waals surface area contributed by atoms with Gasteiger partial charge in [-0.2, -0.15) is 0 Å². The Hall–Kier alpha value is -1.33. The fourth-order valence-corrected chi connectivity index (χ4v) is 2.41. The Labute approximate surface area is 113 Å². The smallest absolute Gasteiger partial charge is 0.164 e. The van der Waals surface area contributed by atoms with Crippen LogP contribution in [0.15, 0.2) is 12.1 Å². The van der Waals surface area contributed by atoms with Gasteiger partial charge < -0.3 is 19.7 Å². The number of hydrogen-bond acceptors (Lipinski definition) is 4. The van der Waals surface area contributed by atoms with Gasteiger partial charge in [0.15, 0.2) is 11.5 Å². The number of rotatable bonds is 5. The summed E-state index contributed by atoms with van der Waals surface area (Å²) in [7, 11) is 3.11. The topological polar surface area (TPSA) is 33.7 Å². The third-order valence-electron chi connectivity index (χ3n) is 3.43. The molecule has 0 aliphatic carbocycles. The zero-order chi connectivity index (χ0) is 13.7. The first-order valence-corrected chi connectivity index (χ1v) is 6.58. The van der Waals surface area contributed by atoms with Gasteiger partial charge in [-0.3, -0.25) is 0 Å². The van der Waals surface area contributed by atoms with E-state index in [1.807, 2.05) is 0 Å². The highest BCUT2D eigenvalue weighted by atomic mass is 19.1. The first-order valence-electron chi connectivity index (χ1n) is 6.58. The van der Waals surface area contributed by atoms with Crippen molar-refractivity contribution in [1.82, 2.24) is 10.2 Å². The number of benzene rings is 1. The van der Waals surface area contributed by atoms with E-state index in [0.717, 1.165) is 44.7 Å². The van der Waals surface area contributed by atoms with Crippen molar-refractivity contribution in [3.8, 4) is 11.5 Å². The summed E-state index contributed by atoms with van der Waals surface area (Å²) in [6.07, 6.45) is 0.761. The fraction of sp³-hybridized carbons (Fsp3) is 0.571. The maximum atomic E-state index is 13.5. The van der Waals surface area contributed by atoms with Crippen molar-refractivity contribution in [2.45, 2.75) is 6.42 Å². The lowest BCUT2D eigenvalue weighted by molar-refractivity contribution is 0.242. The van der Waals surface area contributed by atoms with Gasteiger partial charge in [0.1, 0.15) is 5.82 Å². The summed E-state index contributed by atoms with van der Waals surface area (Å²) in [5, 5.41) is 3.32. The maximum absolute atomic E-state index is 13.5. The van der Waals surface area contributed by atoms with Crippen LogP contribution >= 0.6 is 0 Å². The van der Waals surface area contributed by atoms with Crippen molar-refractivity contribution in [1.29, 1.82) is 0 Å². The Bertz CT molecular complexity index is 420. The van der Waals surface area contributed by atoms with Crippen LogP contribution in [-0.2, 0) is 6.42 Å². The van der Waals surface area contributed by atoms with E-state index in [9.17, 15) is 4.39 Å². The normalized spacial score (nSPS) is 16.4. The highest BCUT2D eigenvalue weighted by Gasteiger charge is 2.15. The number of ether oxygens (including phenoxy) is 2. The molecule has 1 aliphatic heterocycles. The number of halogens is 1. The predicted molar refractivity (Wildman–Crippen MR) is 72.5 cm³/mol. The molecule has 2 rings (SSSR count). The van der Waals surface area contributed by atoms with Crippen LogP contribution in [-0.4, -0.2) is 51.8 Å². The van der Waals surface area contributed by atoms with Gasteiger partial charge in [0.25, 0.3) is 0 Å². The first-order chi connectivity index (χ1) is 9.24. The van der Waals surface area contributed by atoms with E-state index in [1.165, 1.54) is 19.2 Å². The van der Waals surface area contributed by atoms with Gasteiger partial charge in [0, 0.05) is 44.4 Å². The van der Waals surface area contributed by atoms with Crippen molar-refractivity contribution < 1.29 is 13.9 Å². The Balaban J connectivity index is 2.07. The molecule has 1 heterocycles. The van der Waals surface area contributed by atoms with E-state index in [-0.39, 0.29) is 5.82 Å². The van der Waals surface area contributed by atoms with Gasteiger partial charge in [-0.25, -0.2) is 4.39 Å². The van der Waals surface area contributed by atoms with E-state index >= 15 is 0 Å². The molecule has 0 spiro atoms. The number of methoxy groups -OCH3 is 2. The van der Waals surface area contributed by atoms with Gasteiger partial charge in [0.2, 0.25) is 0 Å². The van der Waals surface area contributed by atoms with E-state index in [4.69, 9.17) is 9.47 Å². The van der Waals surface area contributed by atoms with Crippen LogP contribution in [0, 0.1) is 5.82 Å². The van der Waals surface area contributed by atoms with Crippen LogP contribution < -0.4 is 14.8 Å². The minimum absolute atomic E-state index is 0.284. The van der Waals surface area contributed by atoms with Crippen molar-refractivity contribution in [3.05, 3.63) is 23.5 Å². The Kier molecular flexibility index (Phi) is 4.99. The standard InChI is InChI=1S/C14H21FN2O2/c1-18-13-10-12(15)9-11(14(13)19-2)3-6-17-7-4-16-5-8-17/h9-10,16H,3-8H2,1-2H3. The largest absolute Gasteiger partial charge is 0.493 e. The van der Waals surface area contributed by atoms with Crippen LogP contribution in [0.4, 0.5) is 4.39 Å². The van der Waals surface area contributed by atoms with Crippen molar-refractivity contribution in [2.75, 3.05) is 46.9 Å². The molecule has 0 unspecified atom stereocenters. The minimum atomic E-state index is -0.284. The minimum Gasteiger partial charge on any atom is -0.493 e. The number of hydrogen-bond donors (Lipinski definition) is 1. The Morgan fingerprint density at radius 2 is 1.95 bits per heavy atom. The molecule has 0 radical (unpaired) electrons. The van der Waals surface area contributed by atoms with Crippen LogP contribution in [0.5, 0.6) is 11.5 Å². The highest BCUT2D eigenvalue weighted by Crippen LogP contribution is 2.32. The molecular formula is C14H21FN2O2. The van der Waals surface area contributed by atoms with Gasteiger partial charge in [-0.15, -0.1) is 0 Å². The lowest BCUT2D eigenvalue weighted by atomic mass is 10.1. The number of nitrogens with zero attached hydrogens (tertiary/aromatic N) is 1. The SMILES string of the molecule is COc1cc(F)cc(CCN2CCNCC2)c1OC.